The maximum absolute atomic E-state index is 13.0. The SMILES string of the molecule is NNC(c1ccc(F)cc1)c1cccc2ncccc12. The van der Waals surface area contributed by atoms with Gasteiger partial charge >= 0.3 is 0 Å². The van der Waals surface area contributed by atoms with E-state index in [1.54, 1.807) is 18.3 Å². The van der Waals surface area contributed by atoms with Gasteiger partial charge in [0.05, 0.1) is 11.6 Å². The number of aromatic nitrogens is 1. The number of nitrogens with zero attached hydrogens (tertiary/aromatic N) is 1. The molecule has 0 fully saturated rings. The molecule has 3 N–H and O–H groups in total. The summed E-state index contributed by atoms with van der Waals surface area (Å²) < 4.78 is 13.0. The fourth-order valence-electron chi connectivity index (χ4n) is 2.40. The van der Waals surface area contributed by atoms with Crippen LogP contribution in [0.4, 0.5) is 4.39 Å². The van der Waals surface area contributed by atoms with Gasteiger partial charge in [-0.15, -0.1) is 0 Å². The minimum atomic E-state index is -0.260. The Morgan fingerprint density at radius 1 is 1.00 bits per heavy atom. The highest BCUT2D eigenvalue weighted by molar-refractivity contribution is 5.82. The third-order valence-electron chi connectivity index (χ3n) is 3.36. The normalized spacial score (nSPS) is 12.5. The molecule has 0 saturated heterocycles. The highest BCUT2D eigenvalue weighted by Crippen LogP contribution is 2.27. The zero-order chi connectivity index (χ0) is 13.9. The van der Waals surface area contributed by atoms with E-state index in [1.807, 2.05) is 30.3 Å². The number of hydrogen-bond donors (Lipinski definition) is 2. The smallest absolute Gasteiger partial charge is 0.123 e. The Balaban J connectivity index is 2.14. The quantitative estimate of drug-likeness (QED) is 0.566. The van der Waals surface area contributed by atoms with Crippen LogP contribution in [-0.2, 0) is 0 Å². The van der Waals surface area contributed by atoms with E-state index in [-0.39, 0.29) is 11.9 Å². The van der Waals surface area contributed by atoms with Crippen LogP contribution in [0.5, 0.6) is 0 Å². The number of rotatable bonds is 3. The molecular formula is C16H14FN3. The summed E-state index contributed by atoms with van der Waals surface area (Å²) in [4.78, 5) is 4.34. The van der Waals surface area contributed by atoms with Gasteiger partial charge in [-0.05, 0) is 35.4 Å². The lowest BCUT2D eigenvalue weighted by atomic mass is 9.96. The van der Waals surface area contributed by atoms with E-state index in [4.69, 9.17) is 5.84 Å². The number of nitrogens with two attached hydrogens (primary N) is 1. The molecule has 4 heteroatoms. The average Bonchev–Trinajstić information content (AvgIpc) is 2.50. The molecule has 0 bridgehead atoms. The minimum Gasteiger partial charge on any atom is -0.271 e. The molecule has 0 amide bonds. The summed E-state index contributed by atoms with van der Waals surface area (Å²) >= 11 is 0. The second-order valence-electron chi connectivity index (χ2n) is 4.57. The van der Waals surface area contributed by atoms with Crippen LogP contribution in [0.15, 0.2) is 60.8 Å². The van der Waals surface area contributed by atoms with Crippen LogP contribution in [-0.4, -0.2) is 4.98 Å². The fraction of sp³-hybridized carbons (Fsp3) is 0.0625. The fourth-order valence-corrected chi connectivity index (χ4v) is 2.40. The second kappa shape index (κ2) is 5.36. The molecule has 0 aliphatic rings. The van der Waals surface area contributed by atoms with E-state index in [1.165, 1.54) is 12.1 Å². The molecule has 1 unspecified atom stereocenters. The van der Waals surface area contributed by atoms with E-state index in [9.17, 15) is 4.39 Å². The molecular weight excluding hydrogens is 253 g/mol. The molecule has 0 spiro atoms. The Morgan fingerprint density at radius 2 is 1.80 bits per heavy atom. The van der Waals surface area contributed by atoms with Gasteiger partial charge in [-0.2, -0.15) is 0 Å². The van der Waals surface area contributed by atoms with Crippen molar-refractivity contribution in [2.45, 2.75) is 6.04 Å². The van der Waals surface area contributed by atoms with Gasteiger partial charge in [0.1, 0.15) is 5.82 Å². The lowest BCUT2D eigenvalue weighted by Crippen LogP contribution is -2.29. The van der Waals surface area contributed by atoms with Gasteiger partial charge in [0, 0.05) is 11.6 Å². The van der Waals surface area contributed by atoms with E-state index in [0.717, 1.165) is 22.0 Å². The number of halogens is 1. The van der Waals surface area contributed by atoms with Crippen LogP contribution in [0, 0.1) is 5.82 Å². The summed E-state index contributed by atoms with van der Waals surface area (Å²) in [5.74, 6) is 5.44. The number of fused-ring (bicyclic) bond motifs is 1. The average molecular weight is 267 g/mol. The maximum Gasteiger partial charge on any atom is 0.123 e. The van der Waals surface area contributed by atoms with Gasteiger partial charge in [-0.25, -0.2) is 9.82 Å². The van der Waals surface area contributed by atoms with Gasteiger partial charge in [-0.3, -0.25) is 10.8 Å². The molecule has 0 saturated carbocycles. The molecule has 3 aromatic rings. The van der Waals surface area contributed by atoms with Crippen molar-refractivity contribution < 1.29 is 4.39 Å². The van der Waals surface area contributed by atoms with E-state index < -0.39 is 0 Å². The van der Waals surface area contributed by atoms with Gasteiger partial charge in [0.2, 0.25) is 0 Å². The van der Waals surface area contributed by atoms with Crippen molar-refractivity contribution in [2.75, 3.05) is 0 Å². The summed E-state index contributed by atoms with van der Waals surface area (Å²) in [5.41, 5.74) is 5.63. The lowest BCUT2D eigenvalue weighted by molar-refractivity contribution is 0.617. The predicted molar refractivity (Wildman–Crippen MR) is 77.3 cm³/mol. The van der Waals surface area contributed by atoms with Gasteiger partial charge < -0.3 is 0 Å². The standard InChI is InChI=1S/C16H14FN3/c17-12-8-6-11(7-9-12)16(20-18)14-3-1-5-15-13(14)4-2-10-19-15/h1-10,16,20H,18H2. The molecule has 1 aromatic heterocycles. The Morgan fingerprint density at radius 3 is 2.55 bits per heavy atom. The van der Waals surface area contributed by atoms with E-state index in [0.29, 0.717) is 0 Å². The first-order chi connectivity index (χ1) is 9.79. The molecule has 2 aromatic carbocycles. The highest BCUT2D eigenvalue weighted by Gasteiger charge is 2.15. The molecule has 20 heavy (non-hydrogen) atoms. The molecule has 0 aliphatic carbocycles. The monoisotopic (exact) mass is 267 g/mol. The molecule has 0 aliphatic heterocycles. The largest absolute Gasteiger partial charge is 0.271 e. The molecule has 1 heterocycles. The zero-order valence-corrected chi connectivity index (χ0v) is 10.8. The van der Waals surface area contributed by atoms with Crippen LogP contribution in [0.3, 0.4) is 0 Å². The van der Waals surface area contributed by atoms with Crippen LogP contribution in [0.1, 0.15) is 17.2 Å². The van der Waals surface area contributed by atoms with E-state index >= 15 is 0 Å². The van der Waals surface area contributed by atoms with Crippen LogP contribution < -0.4 is 11.3 Å². The number of pyridine rings is 1. The minimum absolute atomic E-state index is 0.205. The summed E-state index contributed by atoms with van der Waals surface area (Å²) in [5, 5.41) is 1.03. The summed E-state index contributed by atoms with van der Waals surface area (Å²) in [6.45, 7) is 0. The van der Waals surface area contributed by atoms with Crippen LogP contribution in [0.2, 0.25) is 0 Å². The van der Waals surface area contributed by atoms with Crippen molar-refractivity contribution in [2.24, 2.45) is 5.84 Å². The summed E-state index contributed by atoms with van der Waals surface area (Å²) in [6.07, 6.45) is 1.76. The molecule has 1 atom stereocenters. The van der Waals surface area contributed by atoms with Crippen LogP contribution >= 0.6 is 0 Å². The summed E-state index contributed by atoms with van der Waals surface area (Å²) in [7, 11) is 0. The first kappa shape index (κ1) is 12.7. The Hall–Kier alpha value is -2.30. The highest BCUT2D eigenvalue weighted by atomic mass is 19.1. The third kappa shape index (κ3) is 2.27. The van der Waals surface area contributed by atoms with Crippen molar-refractivity contribution in [3.63, 3.8) is 0 Å². The van der Waals surface area contributed by atoms with Crippen molar-refractivity contribution in [1.82, 2.24) is 10.4 Å². The van der Waals surface area contributed by atoms with Crippen molar-refractivity contribution in [3.8, 4) is 0 Å². The summed E-state index contributed by atoms with van der Waals surface area (Å²) in [6, 6.07) is 15.9. The van der Waals surface area contributed by atoms with Gasteiger partial charge in [-0.1, -0.05) is 30.3 Å². The van der Waals surface area contributed by atoms with Gasteiger partial charge in [0.15, 0.2) is 0 Å². The number of hydrazine groups is 1. The molecule has 100 valence electrons. The third-order valence-corrected chi connectivity index (χ3v) is 3.36. The Labute approximate surface area is 116 Å². The zero-order valence-electron chi connectivity index (χ0n) is 10.8. The predicted octanol–water partition coefficient (Wildman–Crippen LogP) is 2.93. The Kier molecular flexibility index (Phi) is 3.41. The van der Waals surface area contributed by atoms with Crippen molar-refractivity contribution >= 4 is 10.9 Å². The van der Waals surface area contributed by atoms with Crippen molar-refractivity contribution in [1.29, 1.82) is 0 Å². The maximum atomic E-state index is 13.0. The molecule has 3 nitrogen and oxygen atoms in total. The second-order valence-corrected chi connectivity index (χ2v) is 4.57. The first-order valence-corrected chi connectivity index (χ1v) is 6.35. The van der Waals surface area contributed by atoms with Crippen LogP contribution in [0.25, 0.3) is 10.9 Å². The topological polar surface area (TPSA) is 50.9 Å². The van der Waals surface area contributed by atoms with E-state index in [2.05, 4.69) is 10.4 Å². The molecule has 0 radical (unpaired) electrons. The lowest BCUT2D eigenvalue weighted by Gasteiger charge is -2.18. The molecule has 3 rings (SSSR count). The number of benzene rings is 2. The number of nitrogens with one attached hydrogen (secondary N) is 1. The van der Waals surface area contributed by atoms with Gasteiger partial charge in [0.25, 0.3) is 0 Å². The Bertz CT molecular complexity index is 720. The first-order valence-electron chi connectivity index (χ1n) is 6.35. The number of hydrogen-bond acceptors (Lipinski definition) is 3. The van der Waals surface area contributed by atoms with Crippen molar-refractivity contribution in [3.05, 3.63) is 77.7 Å².